The van der Waals surface area contributed by atoms with Gasteiger partial charge in [0.2, 0.25) is 5.91 Å². The molecule has 0 aliphatic carbocycles. The predicted molar refractivity (Wildman–Crippen MR) is 78.7 cm³/mol. The molecule has 0 saturated carbocycles. The van der Waals surface area contributed by atoms with E-state index in [4.69, 9.17) is 5.84 Å². The van der Waals surface area contributed by atoms with E-state index in [2.05, 4.69) is 5.43 Å². The van der Waals surface area contributed by atoms with E-state index in [1.807, 2.05) is 19.1 Å². The summed E-state index contributed by atoms with van der Waals surface area (Å²) in [6.07, 6.45) is 0. The maximum absolute atomic E-state index is 12.3. The van der Waals surface area contributed by atoms with Gasteiger partial charge in [-0.3, -0.25) is 19.8 Å². The number of hydrogen-bond donors (Lipinski definition) is 2. The van der Waals surface area contributed by atoms with Crippen LogP contribution in [0, 0.1) is 19.3 Å². The predicted octanol–water partition coefficient (Wildman–Crippen LogP) is 0.849. The van der Waals surface area contributed by atoms with E-state index in [0.717, 1.165) is 11.1 Å². The minimum Gasteiger partial charge on any atom is -0.303 e. The minimum absolute atomic E-state index is 0.0951. The second-order valence-corrected chi connectivity index (χ2v) is 6.00. The lowest BCUT2D eigenvalue weighted by molar-refractivity contribution is -0.129. The van der Waals surface area contributed by atoms with Gasteiger partial charge in [0.25, 0.3) is 11.7 Å². The van der Waals surface area contributed by atoms with Crippen molar-refractivity contribution in [2.45, 2.75) is 27.7 Å². The van der Waals surface area contributed by atoms with Crippen molar-refractivity contribution in [3.05, 3.63) is 28.8 Å². The zero-order valence-electron chi connectivity index (χ0n) is 12.6. The molecule has 6 heteroatoms. The zero-order valence-corrected chi connectivity index (χ0v) is 12.6. The van der Waals surface area contributed by atoms with Crippen LogP contribution in [0.4, 0.5) is 5.69 Å². The molecule has 6 nitrogen and oxygen atoms in total. The number of nitrogens with two attached hydrogens (primary N) is 1. The van der Waals surface area contributed by atoms with Crippen molar-refractivity contribution in [2.75, 3.05) is 11.4 Å². The van der Waals surface area contributed by atoms with Crippen molar-refractivity contribution in [3.63, 3.8) is 0 Å². The lowest BCUT2D eigenvalue weighted by Crippen LogP contribution is -2.48. The van der Waals surface area contributed by atoms with E-state index in [0.29, 0.717) is 11.3 Å². The SMILES string of the molecule is Cc1ccc(C)c2c1C(=O)C(=O)N2CC(C)(C)C(=O)NN. The van der Waals surface area contributed by atoms with Gasteiger partial charge in [0, 0.05) is 6.54 Å². The van der Waals surface area contributed by atoms with Gasteiger partial charge in [-0.2, -0.15) is 0 Å². The summed E-state index contributed by atoms with van der Waals surface area (Å²) in [6.45, 7) is 7.09. The normalized spacial score (nSPS) is 14.4. The second kappa shape index (κ2) is 4.96. The molecule has 2 rings (SSSR count). The number of amides is 2. The summed E-state index contributed by atoms with van der Waals surface area (Å²) < 4.78 is 0. The molecule has 1 aliphatic heterocycles. The Morgan fingerprint density at radius 3 is 2.38 bits per heavy atom. The van der Waals surface area contributed by atoms with Crippen LogP contribution in [0.5, 0.6) is 0 Å². The van der Waals surface area contributed by atoms with Crippen LogP contribution >= 0.6 is 0 Å². The largest absolute Gasteiger partial charge is 0.303 e. The fourth-order valence-corrected chi connectivity index (χ4v) is 2.58. The number of Topliss-reactive ketones (excluding diaryl/α,β-unsaturated/α-hetero) is 1. The standard InChI is InChI=1S/C15H19N3O3/c1-8-5-6-9(2)11-10(8)12(19)13(20)18(11)7-15(3,4)14(21)17-16/h5-6H,7,16H2,1-4H3,(H,17,21). The molecule has 21 heavy (non-hydrogen) atoms. The molecule has 2 amide bonds. The molecule has 0 radical (unpaired) electrons. The van der Waals surface area contributed by atoms with Crippen molar-refractivity contribution in [1.82, 2.24) is 5.43 Å². The van der Waals surface area contributed by atoms with E-state index in [1.165, 1.54) is 4.90 Å². The van der Waals surface area contributed by atoms with E-state index in [9.17, 15) is 14.4 Å². The quantitative estimate of drug-likeness (QED) is 0.373. The van der Waals surface area contributed by atoms with Gasteiger partial charge in [-0.05, 0) is 38.8 Å². The highest BCUT2D eigenvalue weighted by Gasteiger charge is 2.42. The van der Waals surface area contributed by atoms with E-state index >= 15 is 0 Å². The summed E-state index contributed by atoms with van der Waals surface area (Å²) >= 11 is 0. The van der Waals surface area contributed by atoms with E-state index < -0.39 is 17.1 Å². The maximum atomic E-state index is 12.3. The van der Waals surface area contributed by atoms with Crippen molar-refractivity contribution in [1.29, 1.82) is 0 Å². The Morgan fingerprint density at radius 1 is 1.24 bits per heavy atom. The number of anilines is 1. The van der Waals surface area contributed by atoms with Gasteiger partial charge >= 0.3 is 0 Å². The van der Waals surface area contributed by atoms with Crippen LogP contribution in [0.15, 0.2) is 12.1 Å². The summed E-state index contributed by atoms with van der Waals surface area (Å²) in [5.74, 6) is 3.67. The molecule has 0 spiro atoms. The lowest BCUT2D eigenvalue weighted by Gasteiger charge is -2.29. The van der Waals surface area contributed by atoms with Gasteiger partial charge in [0.15, 0.2) is 0 Å². The molecule has 0 fully saturated rings. The number of benzene rings is 1. The first-order valence-corrected chi connectivity index (χ1v) is 6.68. The van der Waals surface area contributed by atoms with Gasteiger partial charge in [0.1, 0.15) is 0 Å². The molecule has 0 bridgehead atoms. The van der Waals surface area contributed by atoms with Crippen LogP contribution in [0.3, 0.4) is 0 Å². The first-order chi connectivity index (χ1) is 9.70. The molecule has 0 aromatic heterocycles. The number of nitrogens with one attached hydrogen (secondary N) is 1. The Bertz CT molecular complexity index is 650. The highest BCUT2D eigenvalue weighted by atomic mass is 16.2. The number of nitrogens with zero attached hydrogens (tertiary/aromatic N) is 1. The van der Waals surface area contributed by atoms with Gasteiger partial charge in [-0.15, -0.1) is 0 Å². The van der Waals surface area contributed by atoms with Crippen LogP contribution in [0.25, 0.3) is 0 Å². The molecule has 3 N–H and O–H groups in total. The van der Waals surface area contributed by atoms with Crippen LogP contribution in [-0.2, 0) is 9.59 Å². The molecule has 0 saturated heterocycles. The van der Waals surface area contributed by atoms with E-state index in [-0.39, 0.29) is 12.5 Å². The monoisotopic (exact) mass is 289 g/mol. The lowest BCUT2D eigenvalue weighted by atomic mass is 9.91. The fourth-order valence-electron chi connectivity index (χ4n) is 2.58. The van der Waals surface area contributed by atoms with Crippen LogP contribution in [0.1, 0.15) is 35.3 Å². The van der Waals surface area contributed by atoms with Gasteiger partial charge in [-0.1, -0.05) is 12.1 Å². The molecular formula is C15H19N3O3. The maximum Gasteiger partial charge on any atom is 0.299 e. The third kappa shape index (κ3) is 2.31. The number of fused-ring (bicyclic) bond motifs is 1. The third-order valence-corrected chi connectivity index (χ3v) is 3.82. The minimum atomic E-state index is -0.900. The Kier molecular flexibility index (Phi) is 3.59. The molecule has 1 aliphatic rings. The number of aryl methyl sites for hydroxylation is 2. The van der Waals surface area contributed by atoms with E-state index in [1.54, 1.807) is 20.8 Å². The van der Waals surface area contributed by atoms with Crippen molar-refractivity contribution >= 4 is 23.3 Å². The summed E-state index contributed by atoms with van der Waals surface area (Å²) in [6, 6.07) is 3.68. The number of ketones is 1. The number of hydrazine groups is 1. The molecular weight excluding hydrogens is 270 g/mol. The average molecular weight is 289 g/mol. The third-order valence-electron chi connectivity index (χ3n) is 3.82. The molecule has 0 atom stereocenters. The molecule has 0 unspecified atom stereocenters. The summed E-state index contributed by atoms with van der Waals surface area (Å²) in [5, 5.41) is 0. The van der Waals surface area contributed by atoms with Crippen molar-refractivity contribution in [2.24, 2.45) is 11.3 Å². The summed E-state index contributed by atoms with van der Waals surface area (Å²) in [4.78, 5) is 37.7. The Balaban J connectivity index is 2.50. The molecule has 1 aromatic carbocycles. The van der Waals surface area contributed by atoms with Crippen molar-refractivity contribution in [3.8, 4) is 0 Å². The molecule has 112 valence electrons. The molecule has 1 aromatic rings. The topological polar surface area (TPSA) is 92.5 Å². The number of rotatable bonds is 3. The number of carbonyl (C=O) groups is 3. The van der Waals surface area contributed by atoms with Gasteiger partial charge < -0.3 is 4.90 Å². The van der Waals surface area contributed by atoms with Crippen LogP contribution < -0.4 is 16.2 Å². The first kappa shape index (κ1) is 15.2. The average Bonchev–Trinajstić information content (AvgIpc) is 2.67. The van der Waals surface area contributed by atoms with Crippen molar-refractivity contribution < 1.29 is 14.4 Å². The number of hydrogen-bond acceptors (Lipinski definition) is 4. The Hall–Kier alpha value is -2.21. The molecule has 1 heterocycles. The van der Waals surface area contributed by atoms with Gasteiger partial charge in [-0.25, -0.2) is 5.84 Å². The highest BCUT2D eigenvalue weighted by molar-refractivity contribution is 6.52. The zero-order chi connectivity index (χ0) is 15.9. The van der Waals surface area contributed by atoms with Crippen LogP contribution in [0.2, 0.25) is 0 Å². The Labute approximate surface area is 123 Å². The van der Waals surface area contributed by atoms with Crippen LogP contribution in [-0.4, -0.2) is 24.1 Å². The number of carbonyl (C=O) groups excluding carboxylic acids is 3. The van der Waals surface area contributed by atoms with Gasteiger partial charge in [0.05, 0.1) is 16.7 Å². The second-order valence-electron chi connectivity index (χ2n) is 6.00. The fraction of sp³-hybridized carbons (Fsp3) is 0.400. The highest BCUT2D eigenvalue weighted by Crippen LogP contribution is 2.36. The Morgan fingerprint density at radius 2 is 1.81 bits per heavy atom. The summed E-state index contributed by atoms with van der Waals surface area (Å²) in [7, 11) is 0. The smallest absolute Gasteiger partial charge is 0.299 e. The first-order valence-electron chi connectivity index (χ1n) is 6.68. The summed E-state index contributed by atoms with van der Waals surface area (Å²) in [5.41, 5.74) is 3.82.